The smallest absolute Gasteiger partial charge is 1.00 e. The Balaban J connectivity index is -0.000000000833. The van der Waals surface area contributed by atoms with E-state index >= 15 is 0 Å². The SMILES string of the molecule is [Ca+2].[Ca+2].[H-].[H-].[NH-]O. The van der Waals surface area contributed by atoms with Crippen molar-refractivity contribution in [2.75, 3.05) is 0 Å². The standard InChI is InChI=1S/2Ca.H2NO.2H/c;;1-2;;/h;;1-2H;;/q2*+2;3*-1. The van der Waals surface area contributed by atoms with Crippen LogP contribution in [0.15, 0.2) is 0 Å². The summed E-state index contributed by atoms with van der Waals surface area (Å²) in [7, 11) is 0. The van der Waals surface area contributed by atoms with Crippen LogP contribution in [-0.2, 0) is 0 Å². The van der Waals surface area contributed by atoms with Crippen LogP contribution in [0.5, 0.6) is 0 Å². The molecule has 0 amide bonds. The van der Waals surface area contributed by atoms with E-state index in [1.54, 1.807) is 0 Å². The average molecular weight is 114 g/mol. The van der Waals surface area contributed by atoms with Gasteiger partial charge in [0.15, 0.2) is 0 Å². The van der Waals surface area contributed by atoms with Gasteiger partial charge in [0.05, 0.1) is 0 Å². The van der Waals surface area contributed by atoms with Crippen molar-refractivity contribution in [1.82, 2.24) is 0 Å². The normalized spacial score (nSPS) is 1.50. The van der Waals surface area contributed by atoms with E-state index in [4.69, 9.17) is 11.1 Å². The van der Waals surface area contributed by atoms with Gasteiger partial charge in [0.2, 0.25) is 0 Å². The van der Waals surface area contributed by atoms with Crippen LogP contribution in [0.4, 0.5) is 0 Å². The number of hydrogen-bond acceptors (Lipinski definition) is 1. The Kier molecular flexibility index (Phi) is 72.5. The zero-order chi connectivity index (χ0) is 2.00. The van der Waals surface area contributed by atoms with Crippen LogP contribution in [0.1, 0.15) is 2.85 Å². The summed E-state index contributed by atoms with van der Waals surface area (Å²) in [5.74, 6) is 4.75. The van der Waals surface area contributed by atoms with E-state index in [1.807, 2.05) is 0 Å². The molecule has 0 radical (unpaired) electrons. The third-order valence-corrected chi connectivity index (χ3v) is 0. The summed E-state index contributed by atoms with van der Waals surface area (Å²) in [6.45, 7) is 0. The predicted molar refractivity (Wildman–Crippen MR) is 19.8 cm³/mol. The maximum Gasteiger partial charge on any atom is 2.00 e. The molecule has 2 nitrogen and oxygen atoms in total. The van der Waals surface area contributed by atoms with Crippen molar-refractivity contribution in [3.63, 3.8) is 0 Å². The molecule has 0 bridgehead atoms. The summed E-state index contributed by atoms with van der Waals surface area (Å²) in [6, 6.07) is 0. The van der Waals surface area contributed by atoms with Gasteiger partial charge in [-0.2, -0.15) is 0 Å². The van der Waals surface area contributed by atoms with E-state index in [9.17, 15) is 0 Å². The molecule has 0 saturated heterocycles. The van der Waals surface area contributed by atoms with Crippen molar-refractivity contribution in [3.05, 3.63) is 5.90 Å². The molecule has 0 rings (SSSR count). The maximum absolute atomic E-state index is 6.25. The van der Waals surface area contributed by atoms with Gasteiger partial charge in [-0.15, -0.1) is 0 Å². The minimum atomic E-state index is 0. The van der Waals surface area contributed by atoms with E-state index in [0.29, 0.717) is 0 Å². The monoisotopic (exact) mass is 114 g/mol. The van der Waals surface area contributed by atoms with Crippen LogP contribution in [0.25, 0.3) is 5.90 Å². The van der Waals surface area contributed by atoms with Crippen molar-refractivity contribution >= 4 is 75.5 Å². The van der Waals surface area contributed by atoms with Gasteiger partial charge in [-0.1, -0.05) is 0 Å². The van der Waals surface area contributed by atoms with Crippen molar-refractivity contribution in [2.24, 2.45) is 0 Å². The molecule has 0 aromatic heterocycles. The first-order valence-corrected chi connectivity index (χ1v) is 0.224. The molecule has 0 fully saturated rings. The van der Waals surface area contributed by atoms with Crippen molar-refractivity contribution in [1.29, 1.82) is 0 Å². The number of rotatable bonds is 0. The molecule has 0 unspecified atom stereocenters. The quantitative estimate of drug-likeness (QED) is 0.346. The molecule has 0 saturated carbocycles. The Morgan fingerprint density at radius 2 is 1.25 bits per heavy atom. The summed E-state index contributed by atoms with van der Waals surface area (Å²) < 4.78 is 0. The van der Waals surface area contributed by atoms with Crippen molar-refractivity contribution in [2.45, 2.75) is 0 Å². The van der Waals surface area contributed by atoms with Gasteiger partial charge < -0.3 is 14.0 Å². The Bertz CT molecular complexity index is 11.5. The van der Waals surface area contributed by atoms with Gasteiger partial charge in [0.1, 0.15) is 0 Å². The van der Waals surface area contributed by atoms with Gasteiger partial charge in [0, 0.05) is 0 Å². The molecular weight excluding hydrogens is 110 g/mol. The van der Waals surface area contributed by atoms with Crippen molar-refractivity contribution in [3.8, 4) is 0 Å². The van der Waals surface area contributed by atoms with Gasteiger partial charge in [-0.05, 0) is 0 Å². The molecule has 0 aromatic carbocycles. The average Bonchev–Trinajstić information content (AvgIpc) is 1.00. The van der Waals surface area contributed by atoms with E-state index in [2.05, 4.69) is 0 Å². The molecule has 0 aliphatic heterocycles. The van der Waals surface area contributed by atoms with Crippen LogP contribution in [0.3, 0.4) is 0 Å². The molecule has 18 valence electrons. The summed E-state index contributed by atoms with van der Waals surface area (Å²) in [5, 5.41) is 6.25. The molecule has 0 aromatic rings. The fraction of sp³-hybridized carbons (Fsp3) is 0. The van der Waals surface area contributed by atoms with E-state index in [1.165, 1.54) is 0 Å². The molecule has 0 spiro atoms. The maximum atomic E-state index is 6.25. The summed E-state index contributed by atoms with van der Waals surface area (Å²) >= 11 is 0. The third kappa shape index (κ3) is 8.83. The predicted octanol–water partition coefficient (Wildman–Crippen LogP) is -0.109. The molecule has 2 N–H and O–H groups in total. The van der Waals surface area contributed by atoms with Gasteiger partial charge >= 0.3 is 75.5 Å². The van der Waals surface area contributed by atoms with Crippen LogP contribution in [-0.4, -0.2) is 80.7 Å². The zero-order valence-electron chi connectivity index (χ0n) is 4.36. The van der Waals surface area contributed by atoms with Gasteiger partial charge in [0.25, 0.3) is 0 Å². The molecule has 0 aliphatic carbocycles. The molecule has 0 heterocycles. The van der Waals surface area contributed by atoms with Crippen molar-refractivity contribution < 1.29 is 8.06 Å². The van der Waals surface area contributed by atoms with E-state index < -0.39 is 0 Å². The van der Waals surface area contributed by atoms with E-state index in [-0.39, 0.29) is 78.3 Å². The van der Waals surface area contributed by atoms with Crippen LogP contribution in [0, 0.1) is 0 Å². The second-order valence-electron chi connectivity index (χ2n) is 0. The molecular formula is H4Ca2NO+. The van der Waals surface area contributed by atoms with Crippen LogP contribution >= 0.6 is 0 Å². The zero-order valence-corrected chi connectivity index (χ0v) is 6.78. The van der Waals surface area contributed by atoms with E-state index in [0.717, 1.165) is 0 Å². The van der Waals surface area contributed by atoms with Crippen LogP contribution < -0.4 is 0 Å². The summed E-state index contributed by atoms with van der Waals surface area (Å²) in [6.07, 6.45) is 0. The van der Waals surface area contributed by atoms with Gasteiger partial charge in [-0.25, -0.2) is 0 Å². The Labute approximate surface area is 87.7 Å². The first-order valence-electron chi connectivity index (χ1n) is 0.224. The van der Waals surface area contributed by atoms with Gasteiger partial charge in [-0.3, -0.25) is 0 Å². The summed E-state index contributed by atoms with van der Waals surface area (Å²) in [4.78, 5) is 0. The first kappa shape index (κ1) is 16.1. The fourth-order valence-electron chi connectivity index (χ4n) is 0. The first-order chi connectivity index (χ1) is 1.00. The molecule has 0 aliphatic rings. The third-order valence-electron chi connectivity index (χ3n) is 0. The largest absolute Gasteiger partial charge is 2.00 e. The number of hydrogen-bond donors (Lipinski definition) is 1. The second-order valence-corrected chi connectivity index (χ2v) is 0. The minimum absolute atomic E-state index is 0. The topological polar surface area (TPSA) is 44.0 Å². The Morgan fingerprint density at radius 1 is 1.25 bits per heavy atom. The molecule has 0 atom stereocenters. The molecule has 4 heavy (non-hydrogen) atoms. The second kappa shape index (κ2) is 18.0. The van der Waals surface area contributed by atoms with Crippen LogP contribution in [0.2, 0.25) is 0 Å². The Morgan fingerprint density at radius 3 is 1.25 bits per heavy atom. The Hall–Kier alpha value is 2.44. The fourth-order valence-corrected chi connectivity index (χ4v) is 0. The molecule has 4 heteroatoms. The number of nitrogens with one attached hydrogen (secondary N) is 1. The summed E-state index contributed by atoms with van der Waals surface area (Å²) in [5.41, 5.74) is 0. The minimum Gasteiger partial charge on any atom is -1.00 e.